The largest absolute Gasteiger partial charge is 0.383 e. The summed E-state index contributed by atoms with van der Waals surface area (Å²) in [6.45, 7) is 3.09. The lowest BCUT2D eigenvalue weighted by Gasteiger charge is -2.21. The van der Waals surface area contributed by atoms with Gasteiger partial charge in [0.05, 0.1) is 6.61 Å². The molecule has 1 aliphatic carbocycles. The van der Waals surface area contributed by atoms with Gasteiger partial charge in [-0.2, -0.15) is 0 Å². The zero-order valence-electron chi connectivity index (χ0n) is 15.7. The van der Waals surface area contributed by atoms with Crippen LogP contribution in [0.25, 0.3) is 11.3 Å². The number of hydrogen-bond acceptors (Lipinski definition) is 5. The molecule has 7 heteroatoms. The van der Waals surface area contributed by atoms with Crippen LogP contribution in [0.5, 0.6) is 0 Å². The minimum atomic E-state index is -0.270. The molecule has 1 N–H and O–H groups in total. The molecule has 0 saturated heterocycles. The van der Waals surface area contributed by atoms with Crippen LogP contribution >= 0.6 is 0 Å². The number of benzene rings is 1. The van der Waals surface area contributed by atoms with E-state index in [0.717, 1.165) is 24.0 Å². The number of ether oxygens (including phenoxy) is 1. The van der Waals surface area contributed by atoms with Crippen LogP contribution in [0.2, 0.25) is 0 Å². The minimum absolute atomic E-state index is 0.0341. The first-order chi connectivity index (χ1) is 13.1. The molecule has 2 aromatic rings. The molecule has 1 fully saturated rings. The van der Waals surface area contributed by atoms with Crippen LogP contribution < -0.4 is 5.32 Å². The zero-order chi connectivity index (χ0) is 19.2. The molecule has 7 nitrogen and oxygen atoms in total. The Morgan fingerprint density at radius 1 is 1.26 bits per heavy atom. The van der Waals surface area contributed by atoms with Gasteiger partial charge in [0, 0.05) is 44.3 Å². The number of nitrogens with one attached hydrogen (secondary N) is 1. The molecule has 27 heavy (non-hydrogen) atoms. The summed E-state index contributed by atoms with van der Waals surface area (Å²) in [5.74, 6) is 0.234. The number of aromatic nitrogens is 1. The maximum absolute atomic E-state index is 12.8. The second-order valence-electron chi connectivity index (χ2n) is 6.82. The van der Waals surface area contributed by atoms with Gasteiger partial charge in [0.15, 0.2) is 11.5 Å². The van der Waals surface area contributed by atoms with Crippen molar-refractivity contribution in [1.29, 1.82) is 0 Å². The second-order valence-corrected chi connectivity index (χ2v) is 6.82. The van der Waals surface area contributed by atoms with E-state index >= 15 is 0 Å². The van der Waals surface area contributed by atoms with E-state index in [1.54, 1.807) is 18.1 Å². The number of nitrogens with zero attached hydrogens (tertiary/aromatic N) is 2. The van der Waals surface area contributed by atoms with Gasteiger partial charge in [-0.05, 0) is 19.8 Å². The quantitative estimate of drug-likeness (QED) is 0.732. The fraction of sp³-hybridized carbons (Fsp3) is 0.450. The normalized spacial score (nSPS) is 13.4. The van der Waals surface area contributed by atoms with Crippen LogP contribution in [-0.4, -0.2) is 54.7 Å². The predicted octanol–water partition coefficient (Wildman–Crippen LogP) is 2.41. The van der Waals surface area contributed by atoms with Gasteiger partial charge in [-0.3, -0.25) is 9.59 Å². The molecule has 1 saturated carbocycles. The van der Waals surface area contributed by atoms with Crippen molar-refractivity contribution < 1.29 is 18.8 Å². The lowest BCUT2D eigenvalue weighted by Crippen LogP contribution is -2.37. The summed E-state index contributed by atoms with van der Waals surface area (Å²) < 4.78 is 10.4. The minimum Gasteiger partial charge on any atom is -0.383 e. The molecular formula is C20H25N3O4. The summed E-state index contributed by atoms with van der Waals surface area (Å²) in [5.41, 5.74) is 2.23. The molecule has 0 unspecified atom stereocenters. The number of amides is 2. The maximum Gasteiger partial charge on any atom is 0.276 e. The van der Waals surface area contributed by atoms with E-state index in [2.05, 4.69) is 10.5 Å². The summed E-state index contributed by atoms with van der Waals surface area (Å²) in [5, 5.41) is 6.85. The Hall–Kier alpha value is -2.67. The molecule has 1 aromatic heterocycles. The fourth-order valence-corrected chi connectivity index (χ4v) is 2.67. The van der Waals surface area contributed by atoms with Crippen molar-refractivity contribution in [1.82, 2.24) is 15.4 Å². The van der Waals surface area contributed by atoms with Crippen LogP contribution in [0, 0.1) is 6.92 Å². The van der Waals surface area contributed by atoms with Gasteiger partial charge in [-0.1, -0.05) is 35.0 Å². The van der Waals surface area contributed by atoms with E-state index in [1.165, 1.54) is 0 Å². The average molecular weight is 371 g/mol. The number of aryl methyl sites for hydroxylation is 1. The monoisotopic (exact) mass is 371 g/mol. The number of rotatable bonds is 9. The van der Waals surface area contributed by atoms with Gasteiger partial charge in [-0.15, -0.1) is 0 Å². The summed E-state index contributed by atoms with van der Waals surface area (Å²) >= 11 is 0. The highest BCUT2D eigenvalue weighted by molar-refractivity contribution is 5.93. The lowest BCUT2D eigenvalue weighted by molar-refractivity contribution is -0.121. The Kier molecular flexibility index (Phi) is 6.24. The van der Waals surface area contributed by atoms with Gasteiger partial charge in [0.1, 0.15) is 0 Å². The van der Waals surface area contributed by atoms with Gasteiger partial charge < -0.3 is 19.5 Å². The molecule has 2 amide bonds. The molecule has 144 valence electrons. The molecule has 1 aliphatic rings. The molecule has 1 aromatic carbocycles. The number of methoxy groups -OCH3 is 1. The fourth-order valence-electron chi connectivity index (χ4n) is 2.67. The van der Waals surface area contributed by atoms with Gasteiger partial charge in [0.2, 0.25) is 5.91 Å². The Balaban J connectivity index is 1.65. The van der Waals surface area contributed by atoms with Crippen molar-refractivity contribution >= 4 is 11.8 Å². The number of carbonyl (C=O) groups is 2. The molecule has 0 bridgehead atoms. The van der Waals surface area contributed by atoms with Gasteiger partial charge in [0.25, 0.3) is 5.91 Å². The Morgan fingerprint density at radius 2 is 2.00 bits per heavy atom. The molecule has 3 rings (SSSR count). The average Bonchev–Trinajstić information content (AvgIpc) is 3.33. The number of hydrogen-bond donors (Lipinski definition) is 1. The smallest absolute Gasteiger partial charge is 0.276 e. The van der Waals surface area contributed by atoms with E-state index in [0.29, 0.717) is 31.5 Å². The summed E-state index contributed by atoms with van der Waals surface area (Å²) in [7, 11) is 1.58. The van der Waals surface area contributed by atoms with E-state index < -0.39 is 0 Å². The van der Waals surface area contributed by atoms with Crippen molar-refractivity contribution in [3.8, 4) is 11.3 Å². The number of carbonyl (C=O) groups excluding carboxylic acids is 2. The highest BCUT2D eigenvalue weighted by atomic mass is 16.5. The molecule has 0 aliphatic heterocycles. The summed E-state index contributed by atoms with van der Waals surface area (Å²) in [4.78, 5) is 26.3. The van der Waals surface area contributed by atoms with E-state index in [1.807, 2.05) is 31.2 Å². The molecule has 0 atom stereocenters. The maximum atomic E-state index is 12.8. The molecule has 0 radical (unpaired) electrons. The van der Waals surface area contributed by atoms with Gasteiger partial charge >= 0.3 is 0 Å². The van der Waals surface area contributed by atoms with Crippen molar-refractivity contribution in [2.45, 2.75) is 32.2 Å². The Labute approximate surface area is 158 Å². The van der Waals surface area contributed by atoms with Crippen molar-refractivity contribution in [3.63, 3.8) is 0 Å². The summed E-state index contributed by atoms with van der Waals surface area (Å²) in [6.07, 6.45) is 2.34. The van der Waals surface area contributed by atoms with Crippen LogP contribution in [0.15, 0.2) is 34.9 Å². The van der Waals surface area contributed by atoms with E-state index in [9.17, 15) is 9.59 Å². The first kappa shape index (κ1) is 19.1. The van der Waals surface area contributed by atoms with Crippen molar-refractivity contribution in [2.75, 3.05) is 26.8 Å². The topological polar surface area (TPSA) is 84.7 Å². The summed E-state index contributed by atoms with van der Waals surface area (Å²) in [6, 6.07) is 9.75. The van der Waals surface area contributed by atoms with Crippen molar-refractivity contribution in [3.05, 3.63) is 41.6 Å². The first-order valence-electron chi connectivity index (χ1n) is 9.18. The van der Waals surface area contributed by atoms with Gasteiger partial charge in [-0.25, -0.2) is 0 Å². The first-order valence-corrected chi connectivity index (χ1v) is 9.18. The van der Waals surface area contributed by atoms with Crippen LogP contribution in [0.4, 0.5) is 0 Å². The van der Waals surface area contributed by atoms with E-state index in [4.69, 9.17) is 9.26 Å². The van der Waals surface area contributed by atoms with E-state index in [-0.39, 0.29) is 23.9 Å². The third-order valence-corrected chi connectivity index (χ3v) is 4.47. The van der Waals surface area contributed by atoms with Crippen molar-refractivity contribution in [2.24, 2.45) is 0 Å². The zero-order valence-corrected chi connectivity index (χ0v) is 15.7. The highest BCUT2D eigenvalue weighted by Crippen LogP contribution is 2.22. The SMILES string of the molecule is COCCN(CCC(=O)NC1CC1)C(=O)c1cc(-c2ccc(C)cc2)on1. The Morgan fingerprint density at radius 3 is 2.67 bits per heavy atom. The van der Waals surface area contributed by atoms with Crippen LogP contribution in [0.3, 0.4) is 0 Å². The molecule has 1 heterocycles. The third kappa shape index (κ3) is 5.40. The standard InChI is InChI=1S/C20H25N3O4/c1-14-3-5-15(6-4-14)18-13-17(22-27-18)20(25)23(11-12-26-2)10-9-19(24)21-16-7-8-16/h3-6,13,16H,7-12H2,1-2H3,(H,21,24). The second kappa shape index (κ2) is 8.81. The van der Waals surface area contributed by atoms with Crippen LogP contribution in [-0.2, 0) is 9.53 Å². The third-order valence-electron chi connectivity index (χ3n) is 4.47. The lowest BCUT2D eigenvalue weighted by atomic mass is 10.1. The molecule has 0 spiro atoms. The molecular weight excluding hydrogens is 346 g/mol. The van der Waals surface area contributed by atoms with Crippen LogP contribution in [0.1, 0.15) is 35.3 Å². The predicted molar refractivity (Wildman–Crippen MR) is 100 cm³/mol. The Bertz CT molecular complexity index is 781. The highest BCUT2D eigenvalue weighted by Gasteiger charge is 2.25.